The first-order chi connectivity index (χ1) is 12.4. The summed E-state index contributed by atoms with van der Waals surface area (Å²) >= 11 is 0. The molecule has 0 radical (unpaired) electrons. The number of esters is 1. The number of ether oxygens (including phenoxy) is 2. The number of carbonyl (C=O) groups is 2. The highest BCUT2D eigenvalue weighted by atomic mass is 16.6. The van der Waals surface area contributed by atoms with Gasteiger partial charge in [0.05, 0.1) is 17.7 Å². The van der Waals surface area contributed by atoms with Gasteiger partial charge in [0.2, 0.25) is 6.29 Å². The molecule has 1 atom stereocenters. The van der Waals surface area contributed by atoms with Crippen molar-refractivity contribution in [2.75, 3.05) is 6.61 Å². The van der Waals surface area contributed by atoms with Crippen molar-refractivity contribution in [2.24, 2.45) is 0 Å². The molecule has 0 fully saturated rings. The Labute approximate surface area is 149 Å². The van der Waals surface area contributed by atoms with Crippen LogP contribution in [0.1, 0.15) is 22.3 Å². The van der Waals surface area contributed by atoms with Crippen molar-refractivity contribution in [3.05, 3.63) is 66.2 Å². The summed E-state index contributed by atoms with van der Waals surface area (Å²) in [5, 5.41) is 29.3. The van der Waals surface area contributed by atoms with Gasteiger partial charge in [0.15, 0.2) is 5.78 Å². The SMILES string of the molecule is C=CC(=O)OC(O)CCOc1ccc(C(=O)c2ccccc2O)c(O)c1. The summed E-state index contributed by atoms with van der Waals surface area (Å²) in [5.74, 6) is -1.51. The number of aliphatic hydroxyl groups excluding tert-OH is 1. The number of aliphatic hydroxyl groups is 1. The highest BCUT2D eigenvalue weighted by Crippen LogP contribution is 2.28. The molecular weight excluding hydrogens is 340 g/mol. The molecule has 136 valence electrons. The van der Waals surface area contributed by atoms with E-state index in [1.54, 1.807) is 12.1 Å². The molecule has 0 amide bonds. The summed E-state index contributed by atoms with van der Waals surface area (Å²) in [6.45, 7) is 3.22. The lowest BCUT2D eigenvalue weighted by Crippen LogP contribution is -2.18. The van der Waals surface area contributed by atoms with E-state index >= 15 is 0 Å². The lowest BCUT2D eigenvalue weighted by molar-refractivity contribution is -0.163. The maximum absolute atomic E-state index is 12.4. The predicted molar refractivity (Wildman–Crippen MR) is 92.1 cm³/mol. The van der Waals surface area contributed by atoms with E-state index in [2.05, 4.69) is 11.3 Å². The van der Waals surface area contributed by atoms with Crippen molar-refractivity contribution < 1.29 is 34.4 Å². The smallest absolute Gasteiger partial charge is 0.332 e. The maximum Gasteiger partial charge on any atom is 0.332 e. The van der Waals surface area contributed by atoms with Gasteiger partial charge in [0.25, 0.3) is 0 Å². The maximum atomic E-state index is 12.4. The van der Waals surface area contributed by atoms with E-state index in [0.29, 0.717) is 0 Å². The number of ketones is 1. The summed E-state index contributed by atoms with van der Waals surface area (Å²) in [6, 6.07) is 10.1. The van der Waals surface area contributed by atoms with Crippen LogP contribution >= 0.6 is 0 Å². The fourth-order valence-electron chi connectivity index (χ4n) is 2.12. The second kappa shape index (κ2) is 8.68. The molecule has 2 aromatic carbocycles. The Morgan fingerprint density at radius 3 is 2.42 bits per heavy atom. The standard InChI is InChI=1S/C19H18O7/c1-2-17(22)26-18(23)9-10-25-12-7-8-14(16(21)11-12)19(24)13-5-3-4-6-15(13)20/h2-8,11,18,20-21,23H,1,9-10H2. The molecule has 1 unspecified atom stereocenters. The van der Waals surface area contributed by atoms with Crippen molar-refractivity contribution in [3.63, 3.8) is 0 Å². The van der Waals surface area contributed by atoms with Crippen LogP contribution in [0.3, 0.4) is 0 Å². The van der Waals surface area contributed by atoms with E-state index < -0.39 is 18.0 Å². The van der Waals surface area contributed by atoms with Crippen LogP contribution < -0.4 is 4.74 Å². The Bertz CT molecular complexity index is 813. The molecule has 0 saturated heterocycles. The number of hydrogen-bond acceptors (Lipinski definition) is 7. The fraction of sp³-hybridized carbons (Fsp3) is 0.158. The molecule has 0 aliphatic heterocycles. The van der Waals surface area contributed by atoms with Gasteiger partial charge in [-0.2, -0.15) is 0 Å². The zero-order valence-corrected chi connectivity index (χ0v) is 13.8. The molecule has 0 aliphatic carbocycles. The minimum atomic E-state index is -1.34. The first-order valence-corrected chi connectivity index (χ1v) is 7.72. The average molecular weight is 358 g/mol. The van der Waals surface area contributed by atoms with E-state index in [0.717, 1.165) is 6.08 Å². The molecule has 7 nitrogen and oxygen atoms in total. The predicted octanol–water partition coefficient (Wildman–Crippen LogP) is 2.15. The lowest BCUT2D eigenvalue weighted by Gasteiger charge is -2.12. The molecule has 0 heterocycles. The van der Waals surface area contributed by atoms with Gasteiger partial charge in [-0.05, 0) is 24.3 Å². The third kappa shape index (κ3) is 4.84. The summed E-state index contributed by atoms with van der Waals surface area (Å²) in [5.41, 5.74) is 0.0856. The number of rotatable bonds is 8. The number of hydrogen-bond donors (Lipinski definition) is 3. The van der Waals surface area contributed by atoms with Crippen molar-refractivity contribution >= 4 is 11.8 Å². The minimum Gasteiger partial charge on any atom is -0.507 e. The Hall–Kier alpha value is -3.32. The van der Waals surface area contributed by atoms with E-state index in [4.69, 9.17) is 4.74 Å². The molecule has 0 saturated carbocycles. The first-order valence-electron chi connectivity index (χ1n) is 7.72. The molecule has 0 aromatic heterocycles. The molecular formula is C19H18O7. The normalized spacial score (nSPS) is 11.4. The quantitative estimate of drug-likeness (QED) is 0.287. The lowest BCUT2D eigenvalue weighted by atomic mass is 10.0. The fourth-order valence-corrected chi connectivity index (χ4v) is 2.12. The summed E-state index contributed by atoms with van der Waals surface area (Å²) in [4.78, 5) is 23.3. The Balaban J connectivity index is 1.99. The zero-order chi connectivity index (χ0) is 19.1. The van der Waals surface area contributed by atoms with Crippen molar-refractivity contribution in [1.29, 1.82) is 0 Å². The highest BCUT2D eigenvalue weighted by Gasteiger charge is 2.17. The van der Waals surface area contributed by atoms with Gasteiger partial charge < -0.3 is 24.8 Å². The van der Waals surface area contributed by atoms with Crippen LogP contribution in [0.15, 0.2) is 55.1 Å². The van der Waals surface area contributed by atoms with E-state index in [1.165, 1.54) is 30.3 Å². The van der Waals surface area contributed by atoms with Crippen molar-refractivity contribution in [2.45, 2.75) is 12.7 Å². The summed E-state index contributed by atoms with van der Waals surface area (Å²) in [6.07, 6.45) is -0.391. The summed E-state index contributed by atoms with van der Waals surface area (Å²) < 4.78 is 9.91. The number of benzene rings is 2. The van der Waals surface area contributed by atoms with Gasteiger partial charge in [0.1, 0.15) is 17.2 Å². The van der Waals surface area contributed by atoms with Crippen LogP contribution in [0.2, 0.25) is 0 Å². The number of phenols is 2. The molecule has 0 spiro atoms. The number of para-hydroxylation sites is 1. The van der Waals surface area contributed by atoms with E-state index in [9.17, 15) is 24.9 Å². The Morgan fingerprint density at radius 1 is 1.08 bits per heavy atom. The van der Waals surface area contributed by atoms with E-state index in [1.807, 2.05) is 0 Å². The Kier molecular flexibility index (Phi) is 6.35. The van der Waals surface area contributed by atoms with E-state index in [-0.39, 0.29) is 41.4 Å². The minimum absolute atomic E-state index is 0.0117. The van der Waals surface area contributed by atoms with Crippen LogP contribution in [0, 0.1) is 0 Å². The van der Waals surface area contributed by atoms with Crippen molar-refractivity contribution in [1.82, 2.24) is 0 Å². The van der Waals surface area contributed by atoms with Gasteiger partial charge in [-0.3, -0.25) is 4.79 Å². The van der Waals surface area contributed by atoms with Crippen LogP contribution in [0.5, 0.6) is 17.2 Å². The van der Waals surface area contributed by atoms with Gasteiger partial charge >= 0.3 is 5.97 Å². The Morgan fingerprint density at radius 2 is 1.77 bits per heavy atom. The second-order valence-electron chi connectivity index (χ2n) is 5.26. The van der Waals surface area contributed by atoms with Gasteiger partial charge in [-0.15, -0.1) is 0 Å². The molecule has 26 heavy (non-hydrogen) atoms. The topological polar surface area (TPSA) is 113 Å². The second-order valence-corrected chi connectivity index (χ2v) is 5.26. The highest BCUT2D eigenvalue weighted by molar-refractivity contribution is 6.12. The zero-order valence-electron chi connectivity index (χ0n) is 13.8. The largest absolute Gasteiger partial charge is 0.507 e. The van der Waals surface area contributed by atoms with Crippen LogP contribution in [0.4, 0.5) is 0 Å². The molecule has 7 heteroatoms. The van der Waals surface area contributed by atoms with Crippen LogP contribution in [-0.2, 0) is 9.53 Å². The van der Waals surface area contributed by atoms with Crippen LogP contribution in [0.25, 0.3) is 0 Å². The number of phenolic OH excluding ortho intramolecular Hbond substituents is 2. The first kappa shape index (κ1) is 19.0. The third-order valence-corrected chi connectivity index (χ3v) is 3.41. The molecule has 3 N–H and O–H groups in total. The van der Waals surface area contributed by atoms with Crippen molar-refractivity contribution in [3.8, 4) is 17.2 Å². The number of aromatic hydroxyl groups is 2. The molecule has 0 aliphatic rings. The monoisotopic (exact) mass is 358 g/mol. The van der Waals surface area contributed by atoms with Gasteiger partial charge in [-0.25, -0.2) is 4.79 Å². The number of carbonyl (C=O) groups excluding carboxylic acids is 2. The average Bonchev–Trinajstić information content (AvgIpc) is 2.61. The molecule has 2 rings (SSSR count). The third-order valence-electron chi connectivity index (χ3n) is 3.41. The molecule has 2 aromatic rings. The van der Waals surface area contributed by atoms with Crippen LogP contribution in [-0.4, -0.2) is 40.0 Å². The van der Waals surface area contributed by atoms with Gasteiger partial charge in [0, 0.05) is 18.6 Å². The molecule has 0 bridgehead atoms. The summed E-state index contributed by atoms with van der Waals surface area (Å²) in [7, 11) is 0. The van der Waals surface area contributed by atoms with Gasteiger partial charge in [-0.1, -0.05) is 18.7 Å².